The molecule has 3 amide bonds. The molecule has 0 radical (unpaired) electrons. The van der Waals surface area contributed by atoms with Crippen LogP contribution in [0, 0.1) is 0 Å². The summed E-state index contributed by atoms with van der Waals surface area (Å²) in [6, 6.07) is 3.31. The summed E-state index contributed by atoms with van der Waals surface area (Å²) in [7, 11) is 0. The van der Waals surface area contributed by atoms with E-state index in [0.717, 1.165) is 6.07 Å². The van der Waals surface area contributed by atoms with Crippen LogP contribution in [0.3, 0.4) is 0 Å². The van der Waals surface area contributed by atoms with E-state index in [1.54, 1.807) is 23.8 Å². The Balaban J connectivity index is 2.23. The highest BCUT2D eigenvalue weighted by molar-refractivity contribution is 6.02. The lowest BCUT2D eigenvalue weighted by atomic mass is 9.91. The first kappa shape index (κ1) is 19.8. The van der Waals surface area contributed by atoms with Gasteiger partial charge in [0, 0.05) is 24.8 Å². The Morgan fingerprint density at radius 1 is 1.14 bits per heavy atom. The minimum atomic E-state index is -4.50. The number of alkyl halides is 3. The summed E-state index contributed by atoms with van der Waals surface area (Å²) in [5, 5.41) is 0. The van der Waals surface area contributed by atoms with Gasteiger partial charge in [-0.1, -0.05) is 25.5 Å². The van der Waals surface area contributed by atoms with Crippen molar-refractivity contribution in [3.63, 3.8) is 0 Å². The molecule has 0 saturated heterocycles. The Kier molecular flexibility index (Phi) is 5.10. The van der Waals surface area contributed by atoms with Crippen molar-refractivity contribution in [1.82, 2.24) is 9.47 Å². The molecule has 9 heteroatoms. The molecule has 0 spiro atoms. The maximum atomic E-state index is 13.5. The second kappa shape index (κ2) is 7.21. The number of hydrogen-bond acceptors (Lipinski definition) is 2. The van der Waals surface area contributed by atoms with E-state index in [-0.39, 0.29) is 24.1 Å². The Morgan fingerprint density at radius 2 is 1.86 bits per heavy atom. The third kappa shape index (κ3) is 3.44. The van der Waals surface area contributed by atoms with Crippen LogP contribution in [-0.4, -0.2) is 28.0 Å². The van der Waals surface area contributed by atoms with Gasteiger partial charge in [-0.05, 0) is 23.6 Å². The van der Waals surface area contributed by atoms with Crippen LogP contribution in [0.25, 0.3) is 11.1 Å². The number of carbonyl (C=O) groups excluding carboxylic acids is 2. The molecule has 28 heavy (non-hydrogen) atoms. The van der Waals surface area contributed by atoms with Crippen molar-refractivity contribution in [2.75, 3.05) is 6.54 Å². The minimum Gasteiger partial charge on any atom is -0.366 e. The predicted octanol–water partition coefficient (Wildman–Crippen LogP) is 3.12. The number of benzene rings is 1. The van der Waals surface area contributed by atoms with Crippen molar-refractivity contribution in [2.24, 2.45) is 11.5 Å². The third-order valence-corrected chi connectivity index (χ3v) is 4.97. The summed E-state index contributed by atoms with van der Waals surface area (Å²) in [5.41, 5.74) is 11.6. The number of amides is 3. The standard InChI is InChI=1S/C19H21F3N4O2/c1-2-4-12-11(5-3-6-14(12)19(20,21)22)13-9-25-7-8-26(18(24)28)10-15(25)16(13)17(23)27/h3,5-6,9H,2,4,7-8,10H2,1H3,(H2,23,27)(H2,24,28). The quantitative estimate of drug-likeness (QED) is 0.834. The van der Waals surface area contributed by atoms with E-state index in [0.29, 0.717) is 36.3 Å². The Morgan fingerprint density at radius 3 is 2.43 bits per heavy atom. The zero-order valence-electron chi connectivity index (χ0n) is 15.3. The lowest BCUT2D eigenvalue weighted by Crippen LogP contribution is -2.41. The number of rotatable bonds is 4. The summed E-state index contributed by atoms with van der Waals surface area (Å²) >= 11 is 0. The molecule has 1 aromatic heterocycles. The number of hydrogen-bond donors (Lipinski definition) is 2. The van der Waals surface area contributed by atoms with E-state index in [1.165, 1.54) is 11.0 Å². The van der Waals surface area contributed by atoms with Gasteiger partial charge in [0.05, 0.1) is 23.4 Å². The van der Waals surface area contributed by atoms with Gasteiger partial charge < -0.3 is 20.9 Å². The van der Waals surface area contributed by atoms with Crippen LogP contribution >= 0.6 is 0 Å². The molecule has 0 fully saturated rings. The van der Waals surface area contributed by atoms with Gasteiger partial charge in [0.25, 0.3) is 5.91 Å². The number of nitrogens with zero attached hydrogens (tertiary/aromatic N) is 2. The van der Waals surface area contributed by atoms with Crippen LogP contribution in [0.5, 0.6) is 0 Å². The zero-order chi connectivity index (χ0) is 20.6. The van der Waals surface area contributed by atoms with Crippen LogP contribution in [0.4, 0.5) is 18.0 Å². The number of nitrogens with two attached hydrogens (primary N) is 2. The maximum absolute atomic E-state index is 13.5. The van der Waals surface area contributed by atoms with Gasteiger partial charge in [-0.2, -0.15) is 13.2 Å². The second-order valence-electron chi connectivity index (χ2n) is 6.76. The van der Waals surface area contributed by atoms with Crippen molar-refractivity contribution in [3.8, 4) is 11.1 Å². The molecule has 2 heterocycles. The number of primary amides is 2. The monoisotopic (exact) mass is 394 g/mol. The molecule has 6 nitrogen and oxygen atoms in total. The average molecular weight is 394 g/mol. The van der Waals surface area contributed by atoms with Gasteiger partial charge in [0.2, 0.25) is 0 Å². The lowest BCUT2D eigenvalue weighted by Gasteiger charge is -2.27. The highest BCUT2D eigenvalue weighted by atomic mass is 19.4. The van der Waals surface area contributed by atoms with E-state index in [2.05, 4.69) is 0 Å². The van der Waals surface area contributed by atoms with Crippen LogP contribution < -0.4 is 11.5 Å². The normalized spacial score (nSPS) is 14.1. The van der Waals surface area contributed by atoms with Crippen molar-refractivity contribution < 1.29 is 22.8 Å². The summed E-state index contributed by atoms with van der Waals surface area (Å²) in [6.07, 6.45) is -2.15. The number of carbonyl (C=O) groups is 2. The molecule has 0 atom stereocenters. The van der Waals surface area contributed by atoms with Gasteiger partial charge in [-0.25, -0.2) is 4.79 Å². The molecule has 4 N–H and O–H groups in total. The molecule has 1 aromatic carbocycles. The summed E-state index contributed by atoms with van der Waals surface area (Å²) < 4.78 is 42.4. The fourth-order valence-corrected chi connectivity index (χ4v) is 3.75. The topological polar surface area (TPSA) is 94.3 Å². The Labute approximate surface area is 159 Å². The van der Waals surface area contributed by atoms with Gasteiger partial charge in [-0.3, -0.25) is 4.79 Å². The van der Waals surface area contributed by atoms with Gasteiger partial charge >= 0.3 is 12.2 Å². The zero-order valence-corrected chi connectivity index (χ0v) is 15.3. The molecule has 3 rings (SSSR count). The van der Waals surface area contributed by atoms with Crippen molar-refractivity contribution in [3.05, 3.63) is 46.8 Å². The summed E-state index contributed by atoms with van der Waals surface area (Å²) in [4.78, 5) is 25.1. The first-order valence-electron chi connectivity index (χ1n) is 8.90. The average Bonchev–Trinajstić information content (AvgIpc) is 2.99. The van der Waals surface area contributed by atoms with Crippen molar-refractivity contribution >= 4 is 11.9 Å². The molecule has 0 saturated carbocycles. The van der Waals surface area contributed by atoms with E-state index < -0.39 is 23.7 Å². The molecule has 150 valence electrons. The SMILES string of the molecule is CCCc1c(-c2cn3c(c2C(N)=O)CN(C(N)=O)CC3)cccc1C(F)(F)F. The molecule has 0 aliphatic carbocycles. The molecular formula is C19H21F3N4O2. The maximum Gasteiger partial charge on any atom is 0.416 e. The highest BCUT2D eigenvalue weighted by Gasteiger charge is 2.35. The highest BCUT2D eigenvalue weighted by Crippen LogP contribution is 2.40. The van der Waals surface area contributed by atoms with E-state index in [9.17, 15) is 22.8 Å². The minimum absolute atomic E-state index is 0.0790. The van der Waals surface area contributed by atoms with Gasteiger partial charge in [0.1, 0.15) is 0 Å². The summed E-state index contributed by atoms with van der Waals surface area (Å²) in [6.45, 7) is 2.59. The van der Waals surface area contributed by atoms with E-state index in [1.807, 2.05) is 0 Å². The number of fused-ring (bicyclic) bond motifs is 1. The lowest BCUT2D eigenvalue weighted by molar-refractivity contribution is -0.138. The second-order valence-corrected chi connectivity index (χ2v) is 6.76. The number of aromatic nitrogens is 1. The van der Waals surface area contributed by atoms with Crippen LogP contribution in [0.2, 0.25) is 0 Å². The Hall–Kier alpha value is -2.97. The first-order chi connectivity index (χ1) is 13.1. The van der Waals surface area contributed by atoms with E-state index in [4.69, 9.17) is 11.5 Å². The predicted molar refractivity (Wildman–Crippen MR) is 97.4 cm³/mol. The van der Waals surface area contributed by atoms with Crippen LogP contribution in [0.15, 0.2) is 24.4 Å². The number of halogens is 3. The van der Waals surface area contributed by atoms with Crippen LogP contribution in [-0.2, 0) is 25.7 Å². The van der Waals surface area contributed by atoms with Gasteiger partial charge in [0.15, 0.2) is 0 Å². The number of urea groups is 1. The van der Waals surface area contributed by atoms with E-state index >= 15 is 0 Å². The molecular weight excluding hydrogens is 373 g/mol. The van der Waals surface area contributed by atoms with Crippen molar-refractivity contribution in [2.45, 2.75) is 39.0 Å². The first-order valence-corrected chi connectivity index (χ1v) is 8.90. The molecule has 1 aliphatic heterocycles. The molecule has 0 bridgehead atoms. The summed E-state index contributed by atoms with van der Waals surface area (Å²) in [5.74, 6) is -0.755. The van der Waals surface area contributed by atoms with Crippen molar-refractivity contribution in [1.29, 1.82) is 0 Å². The fourth-order valence-electron chi connectivity index (χ4n) is 3.75. The van der Waals surface area contributed by atoms with Gasteiger partial charge in [-0.15, -0.1) is 0 Å². The Bertz CT molecular complexity index is 934. The largest absolute Gasteiger partial charge is 0.416 e. The fraction of sp³-hybridized carbons (Fsp3) is 0.368. The smallest absolute Gasteiger partial charge is 0.366 e. The molecule has 0 unspecified atom stereocenters. The van der Waals surface area contributed by atoms with Crippen LogP contribution in [0.1, 0.15) is 40.5 Å². The third-order valence-electron chi connectivity index (χ3n) is 4.97. The molecule has 1 aliphatic rings. The molecule has 2 aromatic rings.